The molecule has 0 amide bonds. The lowest BCUT2D eigenvalue weighted by Crippen LogP contribution is -2.30. The zero-order valence-corrected chi connectivity index (χ0v) is 66.2. The number of unbranched alkanes of at least 4 members (excludes halogenated alkanes) is 41. The summed E-state index contributed by atoms with van der Waals surface area (Å²) in [4.78, 5) is 72.9. The minimum Gasteiger partial charge on any atom is -0.462 e. The number of phosphoric ester groups is 2. The van der Waals surface area contributed by atoms with Crippen LogP contribution in [0.5, 0.6) is 0 Å². The predicted octanol–water partition coefficient (Wildman–Crippen LogP) is 23.2. The molecule has 4 unspecified atom stereocenters. The number of aliphatic hydroxyl groups is 1. The highest BCUT2D eigenvalue weighted by Crippen LogP contribution is 2.45. The zero-order valence-electron chi connectivity index (χ0n) is 64.4. The third-order valence-electron chi connectivity index (χ3n) is 18.7. The molecule has 6 atom stereocenters. The monoisotopic (exact) mass is 1440 g/mol. The van der Waals surface area contributed by atoms with Gasteiger partial charge in [0, 0.05) is 25.7 Å². The first-order valence-electron chi connectivity index (χ1n) is 40.7. The number of hydrogen-bond acceptors (Lipinski definition) is 15. The van der Waals surface area contributed by atoms with Crippen molar-refractivity contribution in [3.8, 4) is 0 Å². The molecule has 0 radical (unpaired) electrons. The van der Waals surface area contributed by atoms with Crippen LogP contribution in [0.4, 0.5) is 0 Å². The van der Waals surface area contributed by atoms with Crippen molar-refractivity contribution >= 4 is 39.5 Å². The Balaban J connectivity index is 5.17. The summed E-state index contributed by atoms with van der Waals surface area (Å²) >= 11 is 0. The molecule has 0 aromatic carbocycles. The molecule has 0 saturated carbocycles. The van der Waals surface area contributed by atoms with Crippen molar-refractivity contribution in [2.45, 2.75) is 420 Å². The van der Waals surface area contributed by atoms with Gasteiger partial charge in [0.15, 0.2) is 12.2 Å². The lowest BCUT2D eigenvalue weighted by Gasteiger charge is -2.21. The quantitative estimate of drug-likeness (QED) is 0.0222. The fourth-order valence-corrected chi connectivity index (χ4v) is 13.6. The Morgan fingerprint density at radius 2 is 0.490 bits per heavy atom. The molecule has 3 N–H and O–H groups in total. The number of hydrogen-bond donors (Lipinski definition) is 3. The molecule has 0 aliphatic heterocycles. The van der Waals surface area contributed by atoms with E-state index in [1.54, 1.807) is 0 Å². The molecule has 19 heteroatoms. The van der Waals surface area contributed by atoms with Crippen LogP contribution < -0.4 is 0 Å². The lowest BCUT2D eigenvalue weighted by atomic mass is 9.99. The van der Waals surface area contributed by atoms with Gasteiger partial charge in [-0.05, 0) is 49.4 Å². The van der Waals surface area contributed by atoms with Crippen molar-refractivity contribution in [2.24, 2.45) is 23.7 Å². The number of carbonyl (C=O) groups is 4. The van der Waals surface area contributed by atoms with E-state index in [4.69, 9.17) is 37.0 Å². The molecule has 0 fully saturated rings. The van der Waals surface area contributed by atoms with Gasteiger partial charge in [0.25, 0.3) is 0 Å². The Kier molecular flexibility index (Phi) is 66.8. The summed E-state index contributed by atoms with van der Waals surface area (Å²) in [5.41, 5.74) is 0. The Morgan fingerprint density at radius 3 is 0.724 bits per heavy atom. The first-order valence-corrected chi connectivity index (χ1v) is 43.7. The highest BCUT2D eigenvalue weighted by atomic mass is 31.2. The minimum absolute atomic E-state index is 0.105. The van der Waals surface area contributed by atoms with Crippen LogP contribution in [0.25, 0.3) is 0 Å². The van der Waals surface area contributed by atoms with Crippen LogP contribution in [-0.4, -0.2) is 96.7 Å². The van der Waals surface area contributed by atoms with E-state index in [2.05, 4.69) is 55.4 Å². The summed E-state index contributed by atoms with van der Waals surface area (Å²) in [5, 5.41) is 10.6. The van der Waals surface area contributed by atoms with Gasteiger partial charge < -0.3 is 33.8 Å². The second-order valence-electron chi connectivity index (χ2n) is 30.1. The zero-order chi connectivity index (χ0) is 72.4. The Morgan fingerprint density at radius 1 is 0.286 bits per heavy atom. The summed E-state index contributed by atoms with van der Waals surface area (Å²) < 4.78 is 68.6. The molecule has 0 heterocycles. The average Bonchev–Trinajstić information content (AvgIpc) is 1.32. The van der Waals surface area contributed by atoms with Crippen LogP contribution in [-0.2, 0) is 65.4 Å². The van der Waals surface area contributed by atoms with Crippen LogP contribution in [0.1, 0.15) is 402 Å². The molecule has 0 saturated heterocycles. The number of phosphoric acid groups is 2. The normalized spacial score (nSPS) is 14.3. The number of ether oxygens (including phenoxy) is 4. The number of carbonyl (C=O) groups excluding carboxylic acids is 4. The third-order valence-corrected chi connectivity index (χ3v) is 20.6. The summed E-state index contributed by atoms with van der Waals surface area (Å²) in [6, 6.07) is 0. The molecule has 0 aromatic heterocycles. The molecule has 0 aliphatic carbocycles. The van der Waals surface area contributed by atoms with E-state index in [0.29, 0.717) is 31.6 Å². The molecule has 0 bridgehead atoms. The number of aliphatic hydroxyl groups excluding tert-OH is 1. The van der Waals surface area contributed by atoms with Gasteiger partial charge in [0.1, 0.15) is 19.3 Å². The van der Waals surface area contributed by atoms with Gasteiger partial charge >= 0.3 is 39.5 Å². The fraction of sp³-hybridized carbons (Fsp3) is 0.949. The molecule has 0 aromatic rings. The fourth-order valence-electron chi connectivity index (χ4n) is 12.0. The highest BCUT2D eigenvalue weighted by Gasteiger charge is 2.30. The third kappa shape index (κ3) is 71.1. The van der Waals surface area contributed by atoms with E-state index < -0.39 is 97.5 Å². The minimum atomic E-state index is -4.96. The van der Waals surface area contributed by atoms with Gasteiger partial charge in [-0.1, -0.05) is 351 Å². The second kappa shape index (κ2) is 68.2. The standard InChI is InChI=1S/C79H154O17P2/c1-9-72(8)58-50-42-33-29-30-36-46-54-62-79(84)96-74(65-89-76(81)59-51-43-34-27-23-20-16-18-22-26-32-40-48-56-70(4)5)67-93-97(85,86)91-63-73(80)64-92-98(87,88)94-68-75(66-90-77(82)60-52-44-38-37-41-49-57-71(6)7)95-78(83)61-53-45-35-28-24-19-15-13-11-10-12-14-17-21-25-31-39-47-55-69(2)3/h69-75,80H,9-68H2,1-8H3,(H,85,86)(H,87,88)/t72?,73?,74-,75-/m1/s1. The SMILES string of the molecule is CCC(C)CCCCCCCCCCC(=O)O[C@H](COC(=O)CCCCCCCCCCCCCCCC(C)C)COP(=O)(O)OCC(O)COP(=O)(O)OC[C@@H](COC(=O)CCCCCCCCC(C)C)OC(=O)CCCCCCCCCCCCCCCCCCCCC(C)C. The van der Waals surface area contributed by atoms with Crippen molar-refractivity contribution < 1.29 is 80.2 Å². The molecule has 0 rings (SSSR count). The number of esters is 4. The van der Waals surface area contributed by atoms with Gasteiger partial charge in [0.2, 0.25) is 0 Å². The Bertz CT molecular complexity index is 1920. The summed E-state index contributed by atoms with van der Waals surface area (Å²) in [6.45, 7) is 14.2. The maximum absolute atomic E-state index is 13.1. The van der Waals surface area contributed by atoms with Gasteiger partial charge in [-0.3, -0.25) is 37.3 Å². The van der Waals surface area contributed by atoms with E-state index in [1.807, 2.05) is 0 Å². The predicted molar refractivity (Wildman–Crippen MR) is 400 cm³/mol. The number of rotatable bonds is 76. The second-order valence-corrected chi connectivity index (χ2v) is 33.0. The van der Waals surface area contributed by atoms with E-state index in [0.717, 1.165) is 114 Å². The maximum Gasteiger partial charge on any atom is 0.472 e. The first-order chi connectivity index (χ1) is 47.1. The van der Waals surface area contributed by atoms with Crippen molar-refractivity contribution in [3.63, 3.8) is 0 Å². The van der Waals surface area contributed by atoms with Crippen LogP contribution >= 0.6 is 15.6 Å². The van der Waals surface area contributed by atoms with Gasteiger partial charge in [0.05, 0.1) is 26.4 Å². The summed E-state index contributed by atoms with van der Waals surface area (Å²) in [5.74, 6) is 0.940. The van der Waals surface area contributed by atoms with Gasteiger partial charge in [-0.25, -0.2) is 9.13 Å². The van der Waals surface area contributed by atoms with Crippen molar-refractivity contribution in [1.82, 2.24) is 0 Å². The molecule has 0 spiro atoms. The molecule has 98 heavy (non-hydrogen) atoms. The smallest absolute Gasteiger partial charge is 0.462 e. The van der Waals surface area contributed by atoms with Crippen LogP contribution in [0.3, 0.4) is 0 Å². The molecule has 17 nitrogen and oxygen atoms in total. The topological polar surface area (TPSA) is 237 Å². The van der Waals surface area contributed by atoms with Crippen LogP contribution in [0, 0.1) is 23.7 Å². The van der Waals surface area contributed by atoms with Gasteiger partial charge in [-0.15, -0.1) is 0 Å². The van der Waals surface area contributed by atoms with E-state index in [9.17, 15) is 43.2 Å². The van der Waals surface area contributed by atoms with E-state index in [-0.39, 0.29) is 25.7 Å². The maximum atomic E-state index is 13.1. The van der Waals surface area contributed by atoms with Gasteiger partial charge in [-0.2, -0.15) is 0 Å². The van der Waals surface area contributed by atoms with Crippen molar-refractivity contribution in [1.29, 1.82) is 0 Å². The first kappa shape index (κ1) is 96.1. The van der Waals surface area contributed by atoms with Crippen molar-refractivity contribution in [2.75, 3.05) is 39.6 Å². The van der Waals surface area contributed by atoms with E-state index >= 15 is 0 Å². The van der Waals surface area contributed by atoms with Crippen LogP contribution in [0.15, 0.2) is 0 Å². The molecule has 0 aliphatic rings. The Hall–Kier alpha value is -1.94. The average molecular weight is 1440 g/mol. The summed E-state index contributed by atoms with van der Waals surface area (Å²) in [7, 11) is -9.92. The lowest BCUT2D eigenvalue weighted by molar-refractivity contribution is -0.161. The van der Waals surface area contributed by atoms with E-state index in [1.165, 1.54) is 199 Å². The molecular formula is C79H154O17P2. The molecule has 582 valence electrons. The largest absolute Gasteiger partial charge is 0.472 e. The van der Waals surface area contributed by atoms with Crippen molar-refractivity contribution in [3.05, 3.63) is 0 Å². The van der Waals surface area contributed by atoms with Crippen LogP contribution in [0.2, 0.25) is 0 Å². The molecular weight excluding hydrogens is 1280 g/mol. The Labute approximate surface area is 600 Å². The summed E-state index contributed by atoms with van der Waals surface area (Å²) in [6.07, 6.45) is 54.3. The highest BCUT2D eigenvalue weighted by molar-refractivity contribution is 7.47.